The molecule has 2 N–H and O–H groups in total. The van der Waals surface area contributed by atoms with Gasteiger partial charge in [-0.3, -0.25) is 9.59 Å². The Labute approximate surface area is 90.6 Å². The third-order valence-electron chi connectivity index (χ3n) is 1.60. The Morgan fingerprint density at radius 1 is 1.07 bits per heavy atom. The molecule has 0 aliphatic carbocycles. The van der Waals surface area contributed by atoms with Crippen LogP contribution in [0.4, 0.5) is 0 Å². The molecule has 0 radical (unpaired) electrons. The molecule has 15 heavy (non-hydrogen) atoms. The monoisotopic (exact) mass is 216 g/mol. The van der Waals surface area contributed by atoms with E-state index in [2.05, 4.69) is 10.6 Å². The topological polar surface area (TPSA) is 67.4 Å². The third-order valence-corrected chi connectivity index (χ3v) is 1.60. The van der Waals surface area contributed by atoms with Crippen LogP contribution < -0.4 is 10.6 Å². The van der Waals surface area contributed by atoms with Crippen LogP contribution in [0.1, 0.15) is 26.7 Å². The minimum absolute atomic E-state index is 0.0221. The quantitative estimate of drug-likeness (QED) is 0.564. The molecule has 0 saturated carbocycles. The molecule has 88 valence electrons. The Bertz CT molecular complexity index is 195. The van der Waals surface area contributed by atoms with Crippen molar-refractivity contribution in [2.75, 3.05) is 26.3 Å². The molecular weight excluding hydrogens is 196 g/mol. The zero-order valence-electron chi connectivity index (χ0n) is 9.47. The number of nitrogens with one attached hydrogen (secondary N) is 2. The average Bonchev–Trinajstić information content (AvgIpc) is 2.24. The maximum absolute atomic E-state index is 11.1. The van der Waals surface area contributed by atoms with Crippen molar-refractivity contribution in [3.63, 3.8) is 0 Å². The Kier molecular flexibility index (Phi) is 8.76. The van der Waals surface area contributed by atoms with Crippen LogP contribution in [0.25, 0.3) is 0 Å². The van der Waals surface area contributed by atoms with E-state index < -0.39 is 0 Å². The van der Waals surface area contributed by atoms with Crippen LogP contribution in [-0.4, -0.2) is 38.1 Å². The first-order valence-electron chi connectivity index (χ1n) is 5.31. The van der Waals surface area contributed by atoms with Crippen LogP contribution in [0.2, 0.25) is 0 Å². The summed E-state index contributed by atoms with van der Waals surface area (Å²) >= 11 is 0. The van der Waals surface area contributed by atoms with Crippen LogP contribution >= 0.6 is 0 Å². The van der Waals surface area contributed by atoms with Crippen molar-refractivity contribution in [1.29, 1.82) is 0 Å². The summed E-state index contributed by atoms with van der Waals surface area (Å²) in [5.41, 5.74) is 0. The summed E-state index contributed by atoms with van der Waals surface area (Å²) in [5, 5.41) is 5.13. The van der Waals surface area contributed by atoms with Crippen LogP contribution in [0, 0.1) is 0 Å². The van der Waals surface area contributed by atoms with Crippen molar-refractivity contribution in [2.45, 2.75) is 26.7 Å². The highest BCUT2D eigenvalue weighted by Crippen LogP contribution is 1.79. The summed E-state index contributed by atoms with van der Waals surface area (Å²) in [7, 11) is 0. The second-order valence-electron chi connectivity index (χ2n) is 3.18. The Balaban J connectivity index is 3.40. The van der Waals surface area contributed by atoms with Gasteiger partial charge in [0.05, 0.1) is 6.54 Å². The van der Waals surface area contributed by atoms with E-state index in [0.29, 0.717) is 13.2 Å². The summed E-state index contributed by atoms with van der Waals surface area (Å²) in [5.74, 6) is -0.421. The van der Waals surface area contributed by atoms with Gasteiger partial charge in [0.2, 0.25) is 11.8 Å². The molecule has 0 bridgehead atoms. The lowest BCUT2D eigenvalue weighted by atomic mass is 10.4. The molecule has 0 fully saturated rings. The number of ether oxygens (including phenoxy) is 1. The predicted octanol–water partition coefficient (Wildman–Crippen LogP) is 0.0554. The number of hydrogen-bond acceptors (Lipinski definition) is 3. The molecule has 0 aromatic heterocycles. The molecule has 0 atom stereocenters. The fourth-order valence-electron chi connectivity index (χ4n) is 0.866. The minimum Gasteiger partial charge on any atom is -0.372 e. The maximum atomic E-state index is 11.1. The fourth-order valence-corrected chi connectivity index (χ4v) is 0.866. The first kappa shape index (κ1) is 13.9. The summed E-state index contributed by atoms with van der Waals surface area (Å²) < 4.78 is 5.01. The normalized spacial score (nSPS) is 9.73. The molecule has 2 amide bonds. The highest BCUT2D eigenvalue weighted by molar-refractivity contribution is 5.85. The molecule has 0 aromatic rings. The SMILES string of the molecule is CCCNC(=O)CNC(=O)COCCC. The highest BCUT2D eigenvalue weighted by Gasteiger charge is 2.04. The molecule has 0 heterocycles. The van der Waals surface area contributed by atoms with Crippen molar-refractivity contribution in [3.05, 3.63) is 0 Å². The van der Waals surface area contributed by atoms with Gasteiger partial charge in [-0.1, -0.05) is 13.8 Å². The molecule has 0 saturated heterocycles. The minimum atomic E-state index is -0.255. The van der Waals surface area contributed by atoms with Gasteiger partial charge >= 0.3 is 0 Å². The van der Waals surface area contributed by atoms with Gasteiger partial charge in [-0.25, -0.2) is 0 Å². The lowest BCUT2D eigenvalue weighted by Gasteiger charge is -2.06. The summed E-state index contributed by atoms with van der Waals surface area (Å²) in [4.78, 5) is 22.1. The molecule has 0 unspecified atom stereocenters. The third kappa shape index (κ3) is 9.21. The Morgan fingerprint density at radius 3 is 2.40 bits per heavy atom. The smallest absolute Gasteiger partial charge is 0.246 e. The van der Waals surface area contributed by atoms with Gasteiger partial charge in [0, 0.05) is 13.2 Å². The van der Waals surface area contributed by atoms with Crippen LogP contribution in [0.3, 0.4) is 0 Å². The fraction of sp³-hybridized carbons (Fsp3) is 0.800. The number of hydrogen-bond donors (Lipinski definition) is 2. The lowest BCUT2D eigenvalue weighted by Crippen LogP contribution is -2.38. The Morgan fingerprint density at radius 2 is 1.80 bits per heavy atom. The van der Waals surface area contributed by atoms with Crippen LogP contribution in [-0.2, 0) is 14.3 Å². The molecule has 0 aliphatic heterocycles. The van der Waals surface area contributed by atoms with E-state index in [1.165, 1.54) is 0 Å². The summed E-state index contributed by atoms with van der Waals surface area (Å²) in [6.07, 6.45) is 1.77. The lowest BCUT2D eigenvalue weighted by molar-refractivity contribution is -0.129. The zero-order valence-corrected chi connectivity index (χ0v) is 9.47. The van der Waals surface area contributed by atoms with Crippen molar-refractivity contribution in [2.24, 2.45) is 0 Å². The molecule has 0 aromatic carbocycles. The number of rotatable bonds is 8. The van der Waals surface area contributed by atoms with E-state index in [-0.39, 0.29) is 25.0 Å². The zero-order chi connectivity index (χ0) is 11.5. The van der Waals surface area contributed by atoms with Crippen molar-refractivity contribution >= 4 is 11.8 Å². The van der Waals surface area contributed by atoms with Crippen molar-refractivity contribution in [1.82, 2.24) is 10.6 Å². The molecule has 0 spiro atoms. The van der Waals surface area contributed by atoms with Gasteiger partial charge in [-0.15, -0.1) is 0 Å². The first-order chi connectivity index (χ1) is 7.20. The van der Waals surface area contributed by atoms with Crippen LogP contribution in [0.15, 0.2) is 0 Å². The van der Waals surface area contributed by atoms with E-state index >= 15 is 0 Å². The van der Waals surface area contributed by atoms with E-state index in [1.807, 2.05) is 13.8 Å². The number of amides is 2. The highest BCUT2D eigenvalue weighted by atomic mass is 16.5. The average molecular weight is 216 g/mol. The molecule has 0 aliphatic rings. The van der Waals surface area contributed by atoms with E-state index in [4.69, 9.17) is 4.74 Å². The predicted molar refractivity (Wildman–Crippen MR) is 57.4 cm³/mol. The first-order valence-corrected chi connectivity index (χ1v) is 5.31. The van der Waals surface area contributed by atoms with Crippen LogP contribution in [0.5, 0.6) is 0 Å². The van der Waals surface area contributed by atoms with Crippen molar-refractivity contribution in [3.8, 4) is 0 Å². The standard InChI is InChI=1S/C10H20N2O3/c1-3-5-11-9(13)7-12-10(14)8-15-6-4-2/h3-8H2,1-2H3,(H,11,13)(H,12,14). The second-order valence-corrected chi connectivity index (χ2v) is 3.18. The number of carbonyl (C=O) groups excluding carboxylic acids is 2. The van der Waals surface area contributed by atoms with Gasteiger partial charge in [0.1, 0.15) is 6.61 Å². The molecule has 5 nitrogen and oxygen atoms in total. The van der Waals surface area contributed by atoms with Gasteiger partial charge in [-0.2, -0.15) is 0 Å². The van der Waals surface area contributed by atoms with Gasteiger partial charge in [-0.05, 0) is 12.8 Å². The second kappa shape index (κ2) is 9.45. The van der Waals surface area contributed by atoms with E-state index in [9.17, 15) is 9.59 Å². The number of carbonyl (C=O) groups is 2. The maximum Gasteiger partial charge on any atom is 0.246 e. The Hall–Kier alpha value is -1.10. The summed E-state index contributed by atoms with van der Waals surface area (Å²) in [6, 6.07) is 0. The van der Waals surface area contributed by atoms with Crippen molar-refractivity contribution < 1.29 is 14.3 Å². The summed E-state index contributed by atoms with van der Waals surface area (Å²) in [6.45, 7) is 5.19. The largest absolute Gasteiger partial charge is 0.372 e. The molecular formula is C10H20N2O3. The molecule has 0 rings (SSSR count). The van der Waals surface area contributed by atoms with E-state index in [0.717, 1.165) is 12.8 Å². The van der Waals surface area contributed by atoms with E-state index in [1.54, 1.807) is 0 Å². The van der Waals surface area contributed by atoms with Gasteiger partial charge in [0.15, 0.2) is 0 Å². The van der Waals surface area contributed by atoms with Gasteiger partial charge in [0.25, 0.3) is 0 Å². The molecule has 5 heteroatoms. The van der Waals surface area contributed by atoms with Gasteiger partial charge < -0.3 is 15.4 Å².